The third-order valence-electron chi connectivity index (χ3n) is 4.69. The molecule has 2 amide bonds. The van der Waals surface area contributed by atoms with Gasteiger partial charge < -0.3 is 15.4 Å². The van der Waals surface area contributed by atoms with E-state index in [9.17, 15) is 14.0 Å². The maximum absolute atomic E-state index is 13.9. The van der Waals surface area contributed by atoms with Crippen molar-refractivity contribution in [1.29, 1.82) is 0 Å². The molecule has 1 aliphatic heterocycles. The van der Waals surface area contributed by atoms with E-state index in [1.165, 1.54) is 22.9 Å². The summed E-state index contributed by atoms with van der Waals surface area (Å²) in [4.78, 5) is 25.3. The van der Waals surface area contributed by atoms with Crippen LogP contribution in [0, 0.1) is 5.82 Å². The number of amides is 2. The topological polar surface area (TPSA) is 85.2 Å². The van der Waals surface area contributed by atoms with Crippen LogP contribution in [0.2, 0.25) is 0 Å². The average Bonchev–Trinajstić information content (AvgIpc) is 3.07. The molecule has 148 valence electrons. The average molecular weight is 394 g/mol. The first kappa shape index (κ1) is 18.8. The van der Waals surface area contributed by atoms with Gasteiger partial charge in [0.15, 0.2) is 0 Å². The second kappa shape index (κ2) is 7.84. The Balaban J connectivity index is 1.76. The fraction of sp³-hybridized carbons (Fsp3) is 0.190. The zero-order valence-corrected chi connectivity index (χ0v) is 15.7. The minimum absolute atomic E-state index is 0.0533. The van der Waals surface area contributed by atoms with Crippen LogP contribution in [0.15, 0.2) is 54.6 Å². The van der Waals surface area contributed by atoms with Crippen molar-refractivity contribution in [2.24, 2.45) is 0 Å². The Kier molecular flexibility index (Phi) is 5.09. The van der Waals surface area contributed by atoms with Crippen LogP contribution in [0.25, 0.3) is 11.1 Å². The van der Waals surface area contributed by atoms with Gasteiger partial charge in [-0.1, -0.05) is 42.5 Å². The lowest BCUT2D eigenvalue weighted by atomic mass is 10.0. The van der Waals surface area contributed by atoms with Gasteiger partial charge in [0.25, 0.3) is 0 Å². The number of nitrogens with zero attached hydrogens (tertiary/aromatic N) is 2. The van der Waals surface area contributed by atoms with Crippen LogP contribution in [0.3, 0.4) is 0 Å². The molecule has 2 heterocycles. The first-order valence-corrected chi connectivity index (χ1v) is 9.09. The molecule has 4 rings (SSSR count). The smallest absolute Gasteiger partial charge is 0.249 e. The minimum atomic E-state index is -0.911. The van der Waals surface area contributed by atoms with Gasteiger partial charge in [-0.15, -0.1) is 0 Å². The van der Waals surface area contributed by atoms with Crippen molar-refractivity contribution in [3.63, 3.8) is 0 Å². The molecule has 0 aliphatic carbocycles. The highest BCUT2D eigenvalue weighted by Crippen LogP contribution is 2.37. The van der Waals surface area contributed by atoms with Crippen molar-refractivity contribution in [2.75, 3.05) is 17.7 Å². The number of methoxy groups -OCH3 is 1. The quantitative estimate of drug-likeness (QED) is 0.695. The SMILES string of the molecule is COCc1nn2c(c1-c1ccccc1)NC(=O)CC2C(=O)Nc1ccccc1F. The molecular formula is C21H19FN4O3. The van der Waals surface area contributed by atoms with Gasteiger partial charge in [0.05, 0.1) is 24.4 Å². The monoisotopic (exact) mass is 394 g/mol. The van der Waals surface area contributed by atoms with Gasteiger partial charge in [0, 0.05) is 12.7 Å². The number of ether oxygens (including phenoxy) is 1. The molecule has 2 N–H and O–H groups in total. The summed E-state index contributed by atoms with van der Waals surface area (Å²) in [7, 11) is 1.55. The van der Waals surface area contributed by atoms with Crippen LogP contribution in [-0.2, 0) is 20.9 Å². The fourth-order valence-electron chi connectivity index (χ4n) is 3.40. The molecular weight excluding hydrogens is 375 g/mol. The lowest BCUT2D eigenvalue weighted by Gasteiger charge is -2.24. The van der Waals surface area contributed by atoms with E-state index in [1.807, 2.05) is 30.3 Å². The van der Waals surface area contributed by atoms with E-state index in [1.54, 1.807) is 13.2 Å². The van der Waals surface area contributed by atoms with Crippen molar-refractivity contribution in [3.8, 4) is 11.1 Å². The Morgan fingerprint density at radius 1 is 1.24 bits per heavy atom. The second-order valence-corrected chi connectivity index (χ2v) is 6.65. The van der Waals surface area contributed by atoms with E-state index in [4.69, 9.17) is 4.74 Å². The van der Waals surface area contributed by atoms with Crippen LogP contribution in [-0.4, -0.2) is 28.7 Å². The summed E-state index contributed by atoms with van der Waals surface area (Å²) in [5, 5.41) is 9.91. The number of benzene rings is 2. The summed E-state index contributed by atoms with van der Waals surface area (Å²) < 4.78 is 20.7. The minimum Gasteiger partial charge on any atom is -0.378 e. The van der Waals surface area contributed by atoms with Gasteiger partial charge in [-0.3, -0.25) is 9.59 Å². The van der Waals surface area contributed by atoms with E-state index < -0.39 is 17.8 Å². The third kappa shape index (κ3) is 3.62. The predicted octanol–water partition coefficient (Wildman–Crippen LogP) is 3.36. The third-order valence-corrected chi connectivity index (χ3v) is 4.69. The van der Waals surface area contributed by atoms with E-state index in [0.29, 0.717) is 17.1 Å². The number of para-hydroxylation sites is 1. The summed E-state index contributed by atoms with van der Waals surface area (Å²) in [6, 6.07) is 14.4. The molecule has 2 aromatic carbocycles. The Morgan fingerprint density at radius 3 is 2.69 bits per heavy atom. The summed E-state index contributed by atoms with van der Waals surface area (Å²) in [5.41, 5.74) is 2.19. The van der Waals surface area contributed by atoms with Crippen LogP contribution in [0.5, 0.6) is 0 Å². The molecule has 7 nitrogen and oxygen atoms in total. The van der Waals surface area contributed by atoms with Gasteiger partial charge in [0.2, 0.25) is 11.8 Å². The van der Waals surface area contributed by atoms with Crippen molar-refractivity contribution in [3.05, 3.63) is 66.1 Å². The Morgan fingerprint density at radius 2 is 1.97 bits per heavy atom. The van der Waals surface area contributed by atoms with Crippen molar-refractivity contribution < 1.29 is 18.7 Å². The first-order valence-electron chi connectivity index (χ1n) is 9.09. The zero-order chi connectivity index (χ0) is 20.4. The predicted molar refractivity (Wildman–Crippen MR) is 106 cm³/mol. The fourth-order valence-corrected chi connectivity index (χ4v) is 3.40. The van der Waals surface area contributed by atoms with E-state index in [-0.39, 0.29) is 24.6 Å². The molecule has 0 saturated carbocycles. The number of halogens is 1. The van der Waals surface area contributed by atoms with Crippen molar-refractivity contribution in [2.45, 2.75) is 19.1 Å². The van der Waals surface area contributed by atoms with Gasteiger partial charge in [-0.25, -0.2) is 9.07 Å². The molecule has 3 aromatic rings. The molecule has 1 aliphatic rings. The lowest BCUT2D eigenvalue weighted by molar-refractivity contribution is -0.125. The molecule has 1 atom stereocenters. The van der Waals surface area contributed by atoms with Crippen molar-refractivity contribution in [1.82, 2.24) is 9.78 Å². The summed E-state index contributed by atoms with van der Waals surface area (Å²) in [5.74, 6) is -0.954. The number of hydrogen-bond acceptors (Lipinski definition) is 4. The number of nitrogens with one attached hydrogen (secondary N) is 2. The lowest BCUT2D eigenvalue weighted by Crippen LogP contribution is -2.36. The van der Waals surface area contributed by atoms with Crippen LogP contribution in [0.1, 0.15) is 18.2 Å². The Labute approximate surface area is 166 Å². The van der Waals surface area contributed by atoms with Crippen LogP contribution >= 0.6 is 0 Å². The maximum atomic E-state index is 13.9. The largest absolute Gasteiger partial charge is 0.378 e. The highest BCUT2D eigenvalue weighted by Gasteiger charge is 2.35. The van der Waals surface area contributed by atoms with Crippen LogP contribution < -0.4 is 10.6 Å². The number of carbonyl (C=O) groups is 2. The number of aromatic nitrogens is 2. The molecule has 1 unspecified atom stereocenters. The summed E-state index contributed by atoms with van der Waals surface area (Å²) >= 11 is 0. The summed E-state index contributed by atoms with van der Waals surface area (Å²) in [6.45, 7) is 0.210. The van der Waals surface area contributed by atoms with E-state index in [2.05, 4.69) is 15.7 Å². The molecule has 1 aromatic heterocycles. The highest BCUT2D eigenvalue weighted by molar-refractivity contribution is 6.03. The number of hydrogen-bond donors (Lipinski definition) is 2. The maximum Gasteiger partial charge on any atom is 0.249 e. The Hall–Kier alpha value is -3.52. The summed E-state index contributed by atoms with van der Waals surface area (Å²) in [6.07, 6.45) is -0.102. The first-order chi connectivity index (χ1) is 14.1. The second-order valence-electron chi connectivity index (χ2n) is 6.65. The molecule has 0 radical (unpaired) electrons. The molecule has 8 heteroatoms. The molecule has 29 heavy (non-hydrogen) atoms. The van der Waals surface area contributed by atoms with Gasteiger partial charge in [-0.05, 0) is 17.7 Å². The molecule has 0 saturated heterocycles. The Bertz CT molecular complexity index is 1070. The van der Waals surface area contributed by atoms with Gasteiger partial charge in [-0.2, -0.15) is 5.10 Å². The molecule has 0 bridgehead atoms. The highest BCUT2D eigenvalue weighted by atomic mass is 19.1. The molecule has 0 fully saturated rings. The number of fused-ring (bicyclic) bond motifs is 1. The van der Waals surface area contributed by atoms with E-state index >= 15 is 0 Å². The molecule has 0 spiro atoms. The van der Waals surface area contributed by atoms with Crippen LogP contribution in [0.4, 0.5) is 15.9 Å². The number of rotatable bonds is 5. The number of carbonyl (C=O) groups excluding carboxylic acids is 2. The zero-order valence-electron chi connectivity index (χ0n) is 15.7. The number of anilines is 2. The van der Waals surface area contributed by atoms with Crippen molar-refractivity contribution >= 4 is 23.3 Å². The van der Waals surface area contributed by atoms with Gasteiger partial charge in [0.1, 0.15) is 17.7 Å². The van der Waals surface area contributed by atoms with E-state index in [0.717, 1.165) is 5.56 Å². The van der Waals surface area contributed by atoms with Gasteiger partial charge >= 0.3 is 0 Å². The standard InChI is InChI=1S/C21H19FN4O3/c1-29-12-16-19(13-7-3-2-4-8-13)20-24-18(27)11-17(26(20)25-16)21(28)23-15-10-6-5-9-14(15)22/h2-10,17H,11-12H2,1H3,(H,23,28)(H,24,27). The normalized spacial score (nSPS) is 15.5.